The van der Waals surface area contributed by atoms with Gasteiger partial charge in [0.2, 0.25) is 0 Å². The lowest BCUT2D eigenvalue weighted by Crippen LogP contribution is -2.26. The van der Waals surface area contributed by atoms with Gasteiger partial charge in [0, 0.05) is 25.2 Å². The van der Waals surface area contributed by atoms with E-state index in [9.17, 15) is 28.1 Å². The molecule has 0 aromatic heterocycles. The third-order valence-electron chi connectivity index (χ3n) is 4.05. The van der Waals surface area contributed by atoms with Crippen molar-refractivity contribution in [2.75, 3.05) is 13.7 Å². The molecule has 0 radical (unpaired) electrons. The van der Waals surface area contributed by atoms with Crippen molar-refractivity contribution in [1.82, 2.24) is 4.90 Å². The van der Waals surface area contributed by atoms with Gasteiger partial charge in [-0.05, 0) is 37.6 Å². The van der Waals surface area contributed by atoms with Crippen LogP contribution in [0, 0.1) is 22.9 Å². The first kappa shape index (κ1) is 22.0. The van der Waals surface area contributed by atoms with Gasteiger partial charge in [0.25, 0.3) is 11.6 Å². The summed E-state index contributed by atoms with van der Waals surface area (Å²) in [5.74, 6) is -1.56. The Hall–Kier alpha value is -3.30. The Labute approximate surface area is 164 Å². The number of ether oxygens (including phenoxy) is 2. The van der Waals surface area contributed by atoms with Crippen molar-refractivity contribution in [2.45, 2.75) is 27.0 Å². The van der Waals surface area contributed by atoms with Crippen molar-refractivity contribution in [1.29, 1.82) is 0 Å². The van der Waals surface area contributed by atoms with E-state index in [1.807, 2.05) is 0 Å². The van der Waals surface area contributed by atoms with Crippen LogP contribution in [0.4, 0.5) is 18.9 Å². The van der Waals surface area contributed by atoms with Crippen molar-refractivity contribution < 1.29 is 32.4 Å². The van der Waals surface area contributed by atoms with Gasteiger partial charge in [-0.2, -0.15) is 8.78 Å². The van der Waals surface area contributed by atoms with Gasteiger partial charge >= 0.3 is 6.61 Å². The Kier molecular flexibility index (Phi) is 7.03. The Morgan fingerprint density at radius 3 is 2.52 bits per heavy atom. The molecule has 7 nitrogen and oxygen atoms in total. The van der Waals surface area contributed by atoms with Crippen LogP contribution in [0.5, 0.6) is 11.5 Å². The van der Waals surface area contributed by atoms with Gasteiger partial charge in [-0.25, -0.2) is 4.39 Å². The number of hydrogen-bond acceptors (Lipinski definition) is 5. The summed E-state index contributed by atoms with van der Waals surface area (Å²) in [4.78, 5) is 24.1. The summed E-state index contributed by atoms with van der Waals surface area (Å²) in [5, 5.41) is 11.1. The number of amides is 1. The molecule has 0 saturated carbocycles. The fourth-order valence-electron chi connectivity index (χ4n) is 2.66. The largest absolute Gasteiger partial charge is 0.490 e. The molecule has 0 unspecified atom stereocenters. The topological polar surface area (TPSA) is 81.9 Å². The third-order valence-corrected chi connectivity index (χ3v) is 4.05. The molecule has 0 aliphatic carbocycles. The fraction of sp³-hybridized carbons (Fsp3) is 0.316. The summed E-state index contributed by atoms with van der Waals surface area (Å²) < 4.78 is 48.6. The summed E-state index contributed by atoms with van der Waals surface area (Å²) in [6.07, 6.45) is 0. The maximum atomic E-state index is 14.0. The first-order valence-corrected chi connectivity index (χ1v) is 8.54. The molecule has 10 heteroatoms. The lowest BCUT2D eigenvalue weighted by atomic mass is 10.1. The second-order valence-corrected chi connectivity index (χ2v) is 6.11. The Bertz CT molecular complexity index is 921. The number of nitrogens with zero attached hydrogens (tertiary/aromatic N) is 2. The molecular weight excluding hydrogens is 393 g/mol. The summed E-state index contributed by atoms with van der Waals surface area (Å²) in [7, 11) is 1.43. The van der Waals surface area contributed by atoms with Crippen LogP contribution < -0.4 is 9.47 Å². The standard InChI is InChI=1S/C19H19F3N2O5/c1-4-28-17-7-12(5-6-16(17)29-19(21)22)10-23(3)18(25)13-8-14(20)11(2)15(9-13)24(26)27/h5-9,19H,4,10H2,1-3H3. The number of hydrogen-bond donors (Lipinski definition) is 0. The molecular formula is C19H19F3N2O5. The van der Waals surface area contributed by atoms with E-state index in [4.69, 9.17) is 4.74 Å². The Balaban J connectivity index is 2.25. The monoisotopic (exact) mass is 412 g/mol. The highest BCUT2D eigenvalue weighted by Crippen LogP contribution is 2.30. The van der Waals surface area contributed by atoms with Gasteiger partial charge < -0.3 is 14.4 Å². The minimum Gasteiger partial charge on any atom is -0.490 e. The number of alkyl halides is 2. The first-order valence-electron chi connectivity index (χ1n) is 8.54. The maximum absolute atomic E-state index is 14.0. The van der Waals surface area contributed by atoms with Crippen LogP contribution in [0.2, 0.25) is 0 Å². The van der Waals surface area contributed by atoms with Crippen molar-refractivity contribution in [2.24, 2.45) is 0 Å². The fourth-order valence-corrected chi connectivity index (χ4v) is 2.66. The minimum atomic E-state index is -3.02. The van der Waals surface area contributed by atoms with Gasteiger partial charge in [0.1, 0.15) is 5.82 Å². The van der Waals surface area contributed by atoms with Gasteiger partial charge in [-0.15, -0.1) is 0 Å². The summed E-state index contributed by atoms with van der Waals surface area (Å²) in [6, 6.07) is 6.17. The molecule has 0 bridgehead atoms. The lowest BCUT2D eigenvalue weighted by Gasteiger charge is -2.19. The van der Waals surface area contributed by atoms with Crippen LogP contribution in [-0.4, -0.2) is 36.0 Å². The average Bonchev–Trinajstić information content (AvgIpc) is 2.64. The van der Waals surface area contributed by atoms with E-state index in [-0.39, 0.29) is 35.8 Å². The van der Waals surface area contributed by atoms with Crippen LogP contribution in [-0.2, 0) is 6.54 Å². The molecule has 0 spiro atoms. The van der Waals surface area contributed by atoms with Crippen LogP contribution in [0.25, 0.3) is 0 Å². The van der Waals surface area contributed by atoms with E-state index in [2.05, 4.69) is 4.74 Å². The lowest BCUT2D eigenvalue weighted by molar-refractivity contribution is -0.385. The third kappa shape index (κ3) is 5.37. The van der Waals surface area contributed by atoms with E-state index in [0.717, 1.165) is 12.1 Å². The van der Waals surface area contributed by atoms with Crippen molar-refractivity contribution in [3.8, 4) is 11.5 Å². The number of nitro groups is 1. The molecule has 0 fully saturated rings. The summed E-state index contributed by atoms with van der Waals surface area (Å²) in [6.45, 7) is 0.148. The molecule has 0 atom stereocenters. The second kappa shape index (κ2) is 9.26. The highest BCUT2D eigenvalue weighted by Gasteiger charge is 2.22. The van der Waals surface area contributed by atoms with Gasteiger partial charge in [-0.3, -0.25) is 14.9 Å². The van der Waals surface area contributed by atoms with E-state index >= 15 is 0 Å². The molecule has 29 heavy (non-hydrogen) atoms. The molecule has 2 rings (SSSR count). The second-order valence-electron chi connectivity index (χ2n) is 6.11. The number of nitro benzene ring substituents is 1. The molecule has 0 heterocycles. The summed E-state index contributed by atoms with van der Waals surface area (Å²) in [5.41, 5.74) is -0.294. The van der Waals surface area contributed by atoms with Gasteiger partial charge in [-0.1, -0.05) is 6.07 Å². The zero-order chi connectivity index (χ0) is 21.7. The predicted octanol–water partition coefficient (Wildman–Crippen LogP) is 4.31. The maximum Gasteiger partial charge on any atom is 0.387 e. The molecule has 0 saturated heterocycles. The Morgan fingerprint density at radius 2 is 1.93 bits per heavy atom. The van der Waals surface area contributed by atoms with Crippen LogP contribution >= 0.6 is 0 Å². The highest BCUT2D eigenvalue weighted by molar-refractivity contribution is 5.94. The highest BCUT2D eigenvalue weighted by atomic mass is 19.3. The number of carbonyl (C=O) groups excluding carboxylic acids is 1. The zero-order valence-electron chi connectivity index (χ0n) is 15.9. The minimum absolute atomic E-state index is 0.0250. The van der Waals surface area contributed by atoms with Crippen LogP contribution in [0.3, 0.4) is 0 Å². The average molecular weight is 412 g/mol. The number of benzene rings is 2. The predicted molar refractivity (Wildman–Crippen MR) is 97.8 cm³/mol. The SMILES string of the molecule is CCOc1cc(CN(C)C(=O)c2cc(F)c(C)c([N+](=O)[O-])c2)ccc1OC(F)F. The van der Waals surface area contributed by atoms with E-state index in [1.165, 1.54) is 37.1 Å². The van der Waals surface area contributed by atoms with Crippen LogP contribution in [0.15, 0.2) is 30.3 Å². The molecule has 1 amide bonds. The molecule has 0 N–H and O–H groups in total. The quantitative estimate of drug-likeness (QED) is 0.477. The number of halogens is 3. The van der Waals surface area contributed by atoms with Crippen molar-refractivity contribution in [3.63, 3.8) is 0 Å². The van der Waals surface area contributed by atoms with Gasteiger partial charge in [0.05, 0.1) is 17.1 Å². The smallest absolute Gasteiger partial charge is 0.387 e. The van der Waals surface area contributed by atoms with E-state index in [1.54, 1.807) is 6.92 Å². The van der Waals surface area contributed by atoms with Gasteiger partial charge in [0.15, 0.2) is 11.5 Å². The molecule has 2 aromatic rings. The zero-order valence-corrected chi connectivity index (χ0v) is 15.9. The molecule has 2 aromatic carbocycles. The molecule has 0 aliphatic rings. The molecule has 156 valence electrons. The molecule has 0 aliphatic heterocycles. The summed E-state index contributed by atoms with van der Waals surface area (Å²) >= 11 is 0. The van der Waals surface area contributed by atoms with Crippen molar-refractivity contribution in [3.05, 3.63) is 63.0 Å². The number of rotatable bonds is 8. The van der Waals surface area contributed by atoms with E-state index < -0.39 is 28.9 Å². The van der Waals surface area contributed by atoms with Crippen molar-refractivity contribution >= 4 is 11.6 Å². The Morgan fingerprint density at radius 1 is 1.24 bits per heavy atom. The normalized spacial score (nSPS) is 10.7. The number of carbonyl (C=O) groups is 1. The van der Waals surface area contributed by atoms with E-state index in [0.29, 0.717) is 5.56 Å². The first-order chi connectivity index (χ1) is 13.6. The van der Waals surface area contributed by atoms with Crippen LogP contribution in [0.1, 0.15) is 28.4 Å².